The maximum absolute atomic E-state index is 13.6. The van der Waals surface area contributed by atoms with E-state index in [0.717, 1.165) is 35.0 Å². The van der Waals surface area contributed by atoms with Crippen molar-refractivity contribution < 1.29 is 13.2 Å². The molecule has 1 aliphatic heterocycles. The van der Waals surface area contributed by atoms with Gasteiger partial charge in [0.1, 0.15) is 0 Å². The van der Waals surface area contributed by atoms with E-state index >= 15 is 0 Å². The lowest BCUT2D eigenvalue weighted by atomic mass is 9.94. The van der Waals surface area contributed by atoms with E-state index in [1.54, 1.807) is 10.4 Å². The van der Waals surface area contributed by atoms with Crippen LogP contribution in [0.2, 0.25) is 0 Å². The van der Waals surface area contributed by atoms with E-state index in [9.17, 15) is 13.2 Å². The molecule has 0 saturated carbocycles. The molecule has 6 nitrogen and oxygen atoms in total. The predicted octanol–water partition coefficient (Wildman–Crippen LogP) is 4.12. The second kappa shape index (κ2) is 7.74. The van der Waals surface area contributed by atoms with Crippen LogP contribution in [0.4, 0.5) is 5.69 Å². The first-order valence-electron chi connectivity index (χ1n) is 11.3. The van der Waals surface area contributed by atoms with Crippen LogP contribution in [0.5, 0.6) is 0 Å². The van der Waals surface area contributed by atoms with Gasteiger partial charge in [-0.25, -0.2) is 8.42 Å². The van der Waals surface area contributed by atoms with Gasteiger partial charge < -0.3 is 9.88 Å². The van der Waals surface area contributed by atoms with Crippen LogP contribution < -0.4 is 4.90 Å². The van der Waals surface area contributed by atoms with Crippen molar-refractivity contribution in [3.8, 4) is 0 Å². The van der Waals surface area contributed by atoms with E-state index in [2.05, 4.69) is 41.9 Å². The molecule has 1 saturated heterocycles. The highest BCUT2D eigenvalue weighted by Gasteiger charge is 2.31. The molecule has 0 amide bonds. The average Bonchev–Trinajstić information content (AvgIpc) is 3.13. The highest BCUT2D eigenvalue weighted by Crippen LogP contribution is 2.33. The van der Waals surface area contributed by atoms with Gasteiger partial charge in [0.25, 0.3) is 0 Å². The Hall–Kier alpha value is -2.64. The molecule has 32 heavy (non-hydrogen) atoms. The number of hydrogen-bond acceptors (Lipinski definition) is 4. The molecule has 0 unspecified atom stereocenters. The number of aryl methyl sites for hydroxylation is 4. The first-order chi connectivity index (χ1) is 15.3. The summed E-state index contributed by atoms with van der Waals surface area (Å²) in [5.41, 5.74) is 6.71. The van der Waals surface area contributed by atoms with E-state index in [1.807, 2.05) is 13.0 Å². The van der Waals surface area contributed by atoms with Crippen molar-refractivity contribution in [2.75, 3.05) is 31.1 Å². The molecular formula is C25H29N3O3S. The predicted molar refractivity (Wildman–Crippen MR) is 127 cm³/mol. The number of nitrogens with zero attached hydrogens (tertiary/aromatic N) is 2. The minimum atomic E-state index is -3.62. The van der Waals surface area contributed by atoms with Gasteiger partial charge in [0.05, 0.1) is 4.90 Å². The number of piperazine rings is 1. The minimum Gasteiger partial charge on any atom is -0.369 e. The van der Waals surface area contributed by atoms with E-state index in [4.69, 9.17) is 0 Å². The first kappa shape index (κ1) is 21.2. The van der Waals surface area contributed by atoms with Crippen molar-refractivity contribution in [3.05, 3.63) is 58.3 Å². The molecule has 5 rings (SSSR count). The van der Waals surface area contributed by atoms with Crippen molar-refractivity contribution >= 4 is 32.4 Å². The van der Waals surface area contributed by atoms with Crippen molar-refractivity contribution in [3.63, 3.8) is 0 Å². The summed E-state index contributed by atoms with van der Waals surface area (Å²) in [7, 11) is -3.62. The summed E-state index contributed by atoms with van der Waals surface area (Å²) in [4.78, 5) is 18.4. The fourth-order valence-electron chi connectivity index (χ4n) is 5.09. The maximum atomic E-state index is 13.6. The number of hydrogen-bond donors (Lipinski definition) is 1. The third-order valence-corrected chi connectivity index (χ3v) is 8.88. The Morgan fingerprint density at radius 3 is 2.41 bits per heavy atom. The highest BCUT2D eigenvalue weighted by atomic mass is 32.2. The Bertz CT molecular complexity index is 1330. The molecule has 0 spiro atoms. The van der Waals surface area contributed by atoms with Crippen LogP contribution >= 0.6 is 0 Å². The van der Waals surface area contributed by atoms with Crippen molar-refractivity contribution in [2.45, 2.75) is 44.9 Å². The first-order valence-corrected chi connectivity index (χ1v) is 12.7. The molecule has 168 valence electrons. The van der Waals surface area contributed by atoms with Gasteiger partial charge in [-0.3, -0.25) is 4.79 Å². The van der Waals surface area contributed by atoms with Crippen LogP contribution in [-0.2, 0) is 16.4 Å². The summed E-state index contributed by atoms with van der Waals surface area (Å²) in [5.74, 6) is 0.148. The van der Waals surface area contributed by atoms with Gasteiger partial charge in [0.15, 0.2) is 5.78 Å². The molecule has 1 aromatic heterocycles. The molecule has 0 bridgehead atoms. The number of aromatic amines is 1. The number of sulfonamides is 1. The second-order valence-electron chi connectivity index (χ2n) is 9.10. The fourth-order valence-corrected chi connectivity index (χ4v) is 6.74. The SMILES string of the molecule is Cc1ccc(C)c(N2CCN(S(=O)(=O)c3cc4[nH]c5c(c4cc3C)C(=O)CCC5)CC2)c1. The zero-order chi connectivity index (χ0) is 22.6. The summed E-state index contributed by atoms with van der Waals surface area (Å²) < 4.78 is 28.7. The summed E-state index contributed by atoms with van der Waals surface area (Å²) in [6.45, 7) is 8.23. The molecule has 2 heterocycles. The lowest BCUT2D eigenvalue weighted by Gasteiger charge is -2.36. The zero-order valence-electron chi connectivity index (χ0n) is 18.9. The highest BCUT2D eigenvalue weighted by molar-refractivity contribution is 7.89. The topological polar surface area (TPSA) is 73.5 Å². The molecule has 7 heteroatoms. The third kappa shape index (κ3) is 3.44. The average molecular weight is 452 g/mol. The number of nitrogens with one attached hydrogen (secondary N) is 1. The molecule has 1 aliphatic carbocycles. The Kier molecular flexibility index (Phi) is 5.13. The zero-order valence-corrected chi connectivity index (χ0v) is 19.7. The van der Waals surface area contributed by atoms with Gasteiger partial charge in [0.2, 0.25) is 10.0 Å². The summed E-state index contributed by atoms with van der Waals surface area (Å²) in [6.07, 6.45) is 2.23. The maximum Gasteiger partial charge on any atom is 0.243 e. The molecule has 0 radical (unpaired) electrons. The van der Waals surface area contributed by atoms with Gasteiger partial charge in [-0.2, -0.15) is 4.31 Å². The standard InChI is InChI=1S/C25H29N3O3S/c1-16-7-8-17(2)22(13-16)27-9-11-28(12-10-27)32(30,31)24-15-21-19(14-18(24)3)25-20(26-21)5-4-6-23(25)29/h7-8,13-15,26H,4-6,9-12H2,1-3H3. The van der Waals surface area contributed by atoms with Crippen molar-refractivity contribution in [1.29, 1.82) is 0 Å². The molecule has 1 N–H and O–H groups in total. The Morgan fingerprint density at radius 2 is 1.66 bits per heavy atom. The number of anilines is 1. The lowest BCUT2D eigenvalue weighted by molar-refractivity contribution is 0.0974. The Balaban J connectivity index is 1.43. The quantitative estimate of drug-likeness (QED) is 0.650. The van der Waals surface area contributed by atoms with E-state index in [1.165, 1.54) is 16.8 Å². The van der Waals surface area contributed by atoms with Gasteiger partial charge >= 0.3 is 0 Å². The third-order valence-electron chi connectivity index (χ3n) is 6.84. The molecule has 0 atom stereocenters. The van der Waals surface area contributed by atoms with Crippen LogP contribution in [0.15, 0.2) is 35.2 Å². The number of rotatable bonds is 3. The molecule has 1 fully saturated rings. The van der Waals surface area contributed by atoms with Crippen LogP contribution in [0, 0.1) is 20.8 Å². The summed E-state index contributed by atoms with van der Waals surface area (Å²) in [5, 5.41) is 0.848. The van der Waals surface area contributed by atoms with E-state index in [0.29, 0.717) is 43.1 Å². The second-order valence-corrected chi connectivity index (χ2v) is 11.0. The number of benzene rings is 2. The van der Waals surface area contributed by atoms with Crippen LogP contribution in [0.1, 0.15) is 45.6 Å². The number of fused-ring (bicyclic) bond motifs is 3. The van der Waals surface area contributed by atoms with Crippen molar-refractivity contribution in [2.24, 2.45) is 0 Å². The summed E-state index contributed by atoms with van der Waals surface area (Å²) >= 11 is 0. The molecule has 2 aromatic carbocycles. The summed E-state index contributed by atoms with van der Waals surface area (Å²) in [6, 6.07) is 9.99. The number of carbonyl (C=O) groups excluding carboxylic acids is 1. The minimum absolute atomic E-state index is 0.148. The number of Topliss-reactive ketones (excluding diaryl/α,β-unsaturated/α-hetero) is 1. The number of ketones is 1. The van der Waals surface area contributed by atoms with Crippen molar-refractivity contribution in [1.82, 2.24) is 9.29 Å². The van der Waals surface area contributed by atoms with E-state index < -0.39 is 10.0 Å². The Morgan fingerprint density at radius 1 is 0.906 bits per heavy atom. The van der Waals surface area contributed by atoms with Crippen LogP contribution in [0.25, 0.3) is 10.9 Å². The number of H-pyrrole nitrogens is 1. The number of aromatic nitrogens is 1. The molecular weight excluding hydrogens is 422 g/mol. The largest absolute Gasteiger partial charge is 0.369 e. The molecule has 3 aromatic rings. The van der Waals surface area contributed by atoms with E-state index in [-0.39, 0.29) is 5.78 Å². The van der Waals surface area contributed by atoms with Crippen LogP contribution in [0.3, 0.4) is 0 Å². The number of carbonyl (C=O) groups is 1. The van der Waals surface area contributed by atoms with Gasteiger partial charge in [-0.05, 0) is 68.5 Å². The smallest absolute Gasteiger partial charge is 0.243 e. The van der Waals surface area contributed by atoms with Gasteiger partial charge in [0, 0.05) is 60.4 Å². The van der Waals surface area contributed by atoms with Gasteiger partial charge in [-0.15, -0.1) is 0 Å². The Labute approximate surface area is 189 Å². The van der Waals surface area contributed by atoms with Gasteiger partial charge in [-0.1, -0.05) is 12.1 Å². The normalized spacial score (nSPS) is 17.7. The molecule has 2 aliphatic rings. The monoisotopic (exact) mass is 451 g/mol. The fraction of sp³-hybridized carbons (Fsp3) is 0.400. The lowest BCUT2D eigenvalue weighted by Crippen LogP contribution is -2.49. The van der Waals surface area contributed by atoms with Crippen LogP contribution in [-0.4, -0.2) is 49.7 Å².